The van der Waals surface area contributed by atoms with E-state index in [0.717, 1.165) is 74.7 Å². The molecule has 1 N–H and O–H groups in total. The Morgan fingerprint density at radius 3 is 2.54 bits per heavy atom. The number of anilines is 1. The Labute approximate surface area is 202 Å². The van der Waals surface area contributed by atoms with E-state index in [1.165, 1.54) is 12.1 Å². The maximum absolute atomic E-state index is 12.9. The molecule has 0 bridgehead atoms. The van der Waals surface area contributed by atoms with Crippen LogP contribution in [0, 0.1) is 19.8 Å². The zero-order chi connectivity index (χ0) is 25.2. The summed E-state index contributed by atoms with van der Waals surface area (Å²) in [6.45, 7) is 7.40. The normalized spacial score (nSPS) is 19.8. The number of hydrogen-bond acceptors (Lipinski definition) is 6. The Bertz CT molecular complexity index is 1040. The fraction of sp³-hybridized carbons (Fsp3) is 0.560. The Kier molecular flexibility index (Phi) is 7.49. The average molecular weight is 493 g/mol. The largest absolute Gasteiger partial charge is 0.416 e. The van der Waals surface area contributed by atoms with Crippen LogP contribution in [0.15, 0.2) is 28.8 Å². The van der Waals surface area contributed by atoms with E-state index in [-0.39, 0.29) is 23.8 Å². The van der Waals surface area contributed by atoms with Gasteiger partial charge in [-0.2, -0.15) is 13.2 Å². The van der Waals surface area contributed by atoms with Gasteiger partial charge in [0.05, 0.1) is 12.1 Å². The molecule has 2 aromatic rings. The summed E-state index contributed by atoms with van der Waals surface area (Å²) < 4.78 is 43.9. The Morgan fingerprint density at radius 2 is 1.89 bits per heavy atom. The van der Waals surface area contributed by atoms with Gasteiger partial charge in [-0.25, -0.2) is 0 Å². The topological polar surface area (TPSA) is 78.7 Å². The second-order valence-corrected chi connectivity index (χ2v) is 9.54. The molecule has 1 aromatic heterocycles. The monoisotopic (exact) mass is 492 g/mol. The number of halogens is 3. The summed E-state index contributed by atoms with van der Waals surface area (Å²) in [5, 5.41) is 6.52. The number of amides is 1. The van der Waals surface area contributed by atoms with E-state index in [4.69, 9.17) is 4.52 Å². The van der Waals surface area contributed by atoms with E-state index >= 15 is 0 Å². The van der Waals surface area contributed by atoms with Crippen LogP contribution in [0.5, 0.6) is 0 Å². The second-order valence-electron chi connectivity index (χ2n) is 9.54. The summed E-state index contributed by atoms with van der Waals surface area (Å²) in [4.78, 5) is 29.5. The van der Waals surface area contributed by atoms with Gasteiger partial charge in [-0.15, -0.1) is 0 Å². The Hall–Kier alpha value is -2.88. The maximum atomic E-state index is 12.9. The lowest BCUT2D eigenvalue weighted by Gasteiger charge is -2.37. The van der Waals surface area contributed by atoms with E-state index in [1.54, 1.807) is 0 Å². The van der Waals surface area contributed by atoms with Crippen molar-refractivity contribution in [1.82, 2.24) is 15.4 Å². The smallest absolute Gasteiger partial charge is 0.367 e. The van der Waals surface area contributed by atoms with Crippen LogP contribution in [-0.2, 0) is 11.0 Å². The molecule has 2 saturated heterocycles. The van der Waals surface area contributed by atoms with Crippen molar-refractivity contribution < 1.29 is 27.3 Å². The zero-order valence-corrected chi connectivity index (χ0v) is 20.0. The van der Waals surface area contributed by atoms with Gasteiger partial charge in [0.1, 0.15) is 11.4 Å². The number of carbonyl (C=O) groups is 2. The number of rotatable bonds is 7. The van der Waals surface area contributed by atoms with E-state index in [2.05, 4.69) is 20.3 Å². The molecule has 7 nitrogen and oxygen atoms in total. The first-order valence-electron chi connectivity index (χ1n) is 12.0. The fourth-order valence-electron chi connectivity index (χ4n) is 5.26. The summed E-state index contributed by atoms with van der Waals surface area (Å²) >= 11 is 0. The van der Waals surface area contributed by atoms with Gasteiger partial charge in [0.2, 0.25) is 0 Å². The van der Waals surface area contributed by atoms with Crippen LogP contribution in [0.25, 0.3) is 0 Å². The van der Waals surface area contributed by atoms with Crippen molar-refractivity contribution in [3.63, 3.8) is 0 Å². The van der Waals surface area contributed by atoms with Crippen molar-refractivity contribution in [1.29, 1.82) is 0 Å². The number of piperidine rings is 1. The highest BCUT2D eigenvalue weighted by atomic mass is 19.4. The molecule has 2 fully saturated rings. The van der Waals surface area contributed by atoms with Crippen LogP contribution in [0.4, 0.5) is 18.9 Å². The predicted octanol–water partition coefficient (Wildman–Crippen LogP) is 3.99. The van der Waals surface area contributed by atoms with Crippen LogP contribution in [-0.4, -0.2) is 60.5 Å². The molecule has 10 heteroatoms. The molecular formula is C25H31F3N4O3. The molecule has 1 amide bonds. The number of carbonyl (C=O) groups excluding carboxylic acids is 2. The van der Waals surface area contributed by atoms with E-state index < -0.39 is 17.6 Å². The lowest BCUT2D eigenvalue weighted by atomic mass is 10.0. The first kappa shape index (κ1) is 25.2. The number of benzene rings is 1. The van der Waals surface area contributed by atoms with Crippen molar-refractivity contribution in [3.8, 4) is 0 Å². The molecule has 1 aromatic carbocycles. The molecule has 0 saturated carbocycles. The molecule has 0 aliphatic carbocycles. The summed E-state index contributed by atoms with van der Waals surface area (Å²) in [5.74, 6) is 0.294. The molecule has 2 aliphatic heterocycles. The van der Waals surface area contributed by atoms with Gasteiger partial charge in [-0.1, -0.05) is 11.2 Å². The first-order chi connectivity index (χ1) is 16.6. The Balaban J connectivity index is 1.20. The molecule has 0 unspecified atom stereocenters. The molecule has 3 heterocycles. The minimum absolute atomic E-state index is 0.106. The minimum atomic E-state index is -4.52. The van der Waals surface area contributed by atoms with Crippen molar-refractivity contribution in [2.75, 3.05) is 37.6 Å². The van der Waals surface area contributed by atoms with Crippen molar-refractivity contribution in [3.05, 3.63) is 46.8 Å². The lowest BCUT2D eigenvalue weighted by Crippen LogP contribution is -2.44. The van der Waals surface area contributed by atoms with Gasteiger partial charge < -0.3 is 14.7 Å². The quantitative estimate of drug-likeness (QED) is 0.630. The predicted molar refractivity (Wildman–Crippen MR) is 124 cm³/mol. The summed E-state index contributed by atoms with van der Waals surface area (Å²) in [6, 6.07) is 4.68. The van der Waals surface area contributed by atoms with Gasteiger partial charge in [0.25, 0.3) is 5.91 Å². The number of aromatic nitrogens is 1. The maximum Gasteiger partial charge on any atom is 0.416 e. The third-order valence-electron chi connectivity index (χ3n) is 7.02. The highest BCUT2D eigenvalue weighted by molar-refractivity contribution is 5.96. The van der Waals surface area contributed by atoms with E-state index in [1.807, 2.05) is 13.8 Å². The van der Waals surface area contributed by atoms with Gasteiger partial charge in [-0.3, -0.25) is 14.5 Å². The third kappa shape index (κ3) is 6.04. The van der Waals surface area contributed by atoms with Crippen molar-refractivity contribution in [2.45, 2.75) is 51.7 Å². The summed E-state index contributed by atoms with van der Waals surface area (Å²) in [5.41, 5.74) is 1.02. The highest BCUT2D eigenvalue weighted by Gasteiger charge is 2.33. The minimum Gasteiger partial charge on any atom is -0.367 e. The summed E-state index contributed by atoms with van der Waals surface area (Å²) in [6.07, 6.45) is -1.16. The number of alkyl halides is 3. The van der Waals surface area contributed by atoms with E-state index in [0.29, 0.717) is 12.5 Å². The number of aryl methyl sites for hydroxylation is 2. The molecule has 0 radical (unpaired) electrons. The van der Waals surface area contributed by atoms with E-state index in [9.17, 15) is 22.8 Å². The number of ketones is 1. The standard InChI is InChI=1S/C25H31F3N4O3/c1-16-23(17(2)35-30-16)31-10-7-21(8-11-31)32-9-6-18(15-32)12-22(33)14-29-24(34)19-4-3-5-20(13-19)25(26,27)28/h3-5,13,18,21H,6-12,14-15H2,1-2H3,(H,29,34)/t18-/m1/s1. The molecule has 4 rings (SSSR count). The number of nitrogens with zero attached hydrogens (tertiary/aromatic N) is 3. The van der Waals surface area contributed by atoms with Crippen LogP contribution >= 0.6 is 0 Å². The fourth-order valence-corrected chi connectivity index (χ4v) is 5.26. The SMILES string of the molecule is Cc1noc(C)c1N1CCC(N2CC[C@H](CC(=O)CNC(=O)c3cccc(C(F)(F)F)c3)C2)CC1. The van der Waals surface area contributed by atoms with Crippen LogP contribution < -0.4 is 10.2 Å². The van der Waals surface area contributed by atoms with Gasteiger partial charge in [0.15, 0.2) is 11.5 Å². The molecule has 0 spiro atoms. The summed E-state index contributed by atoms with van der Waals surface area (Å²) in [7, 11) is 0. The van der Waals surface area contributed by atoms with Gasteiger partial charge in [-0.05, 0) is 63.8 Å². The molecule has 35 heavy (non-hydrogen) atoms. The Morgan fingerprint density at radius 1 is 1.14 bits per heavy atom. The number of nitrogens with one attached hydrogen (secondary N) is 1. The number of Topliss-reactive ketones (excluding diaryl/α,β-unsaturated/α-hetero) is 1. The molecular weight excluding hydrogens is 461 g/mol. The van der Waals surface area contributed by atoms with Crippen LogP contribution in [0.3, 0.4) is 0 Å². The molecule has 1 atom stereocenters. The number of hydrogen-bond donors (Lipinski definition) is 1. The lowest BCUT2D eigenvalue weighted by molar-refractivity contribution is -0.137. The van der Waals surface area contributed by atoms with Crippen molar-refractivity contribution >= 4 is 17.4 Å². The molecule has 2 aliphatic rings. The van der Waals surface area contributed by atoms with Gasteiger partial charge >= 0.3 is 6.18 Å². The first-order valence-corrected chi connectivity index (χ1v) is 12.0. The highest BCUT2D eigenvalue weighted by Crippen LogP contribution is 2.31. The third-order valence-corrected chi connectivity index (χ3v) is 7.02. The van der Waals surface area contributed by atoms with Crippen LogP contribution in [0.1, 0.15) is 53.1 Å². The van der Waals surface area contributed by atoms with Crippen LogP contribution in [0.2, 0.25) is 0 Å². The number of likely N-dealkylation sites (tertiary alicyclic amines) is 1. The zero-order valence-electron chi connectivity index (χ0n) is 20.0. The van der Waals surface area contributed by atoms with Gasteiger partial charge in [0, 0.05) is 37.7 Å². The second kappa shape index (κ2) is 10.4. The molecule has 190 valence electrons. The average Bonchev–Trinajstić information content (AvgIpc) is 3.43. The van der Waals surface area contributed by atoms with Crippen molar-refractivity contribution in [2.24, 2.45) is 5.92 Å².